The highest BCUT2D eigenvalue weighted by Crippen LogP contribution is 2.25. The van der Waals surface area contributed by atoms with Crippen molar-refractivity contribution in [2.45, 2.75) is 6.92 Å². The molecule has 0 aliphatic rings. The first kappa shape index (κ1) is 19.9. The summed E-state index contributed by atoms with van der Waals surface area (Å²) in [5.41, 5.74) is 3.25. The Morgan fingerprint density at radius 3 is 2.28 bits per heavy atom. The number of methoxy groups -OCH3 is 1. The van der Waals surface area contributed by atoms with Crippen LogP contribution in [0.3, 0.4) is 0 Å². The number of rotatable bonds is 6. The molecule has 0 unspecified atom stereocenters. The van der Waals surface area contributed by atoms with Crippen LogP contribution in [0, 0.1) is 0 Å². The molecule has 3 rings (SSSR count). The standard InChI is InChI=1S/C24H21NO4/c1-16(22-13-10-20(26)15-24(22)28)25-19-8-6-18(7-9-19)23(27)14-5-17-3-11-21(29-2)12-4-17/h3-15,26,28H,1-2H3. The van der Waals surface area contributed by atoms with Gasteiger partial charge in [0.15, 0.2) is 5.78 Å². The molecule has 0 amide bonds. The smallest absolute Gasteiger partial charge is 0.185 e. The fourth-order valence-electron chi connectivity index (χ4n) is 2.76. The topological polar surface area (TPSA) is 79.1 Å². The van der Waals surface area contributed by atoms with Gasteiger partial charge in [-0.05, 0) is 67.1 Å². The number of benzene rings is 3. The van der Waals surface area contributed by atoms with Crippen LogP contribution in [0.4, 0.5) is 5.69 Å². The summed E-state index contributed by atoms with van der Waals surface area (Å²) in [5.74, 6) is 0.608. The molecule has 0 bridgehead atoms. The number of ketones is 1. The molecule has 0 fully saturated rings. The Hall–Kier alpha value is -3.86. The quantitative estimate of drug-likeness (QED) is 0.349. The van der Waals surface area contributed by atoms with Crippen molar-refractivity contribution in [2.75, 3.05) is 7.11 Å². The maximum atomic E-state index is 12.4. The van der Waals surface area contributed by atoms with Gasteiger partial charge in [0.2, 0.25) is 0 Å². The van der Waals surface area contributed by atoms with Gasteiger partial charge in [-0.3, -0.25) is 9.79 Å². The summed E-state index contributed by atoms with van der Waals surface area (Å²) in [6.45, 7) is 1.77. The van der Waals surface area contributed by atoms with Crippen LogP contribution in [-0.2, 0) is 0 Å². The van der Waals surface area contributed by atoms with Crippen molar-refractivity contribution in [3.63, 3.8) is 0 Å². The van der Waals surface area contributed by atoms with Crippen LogP contribution in [0.25, 0.3) is 6.08 Å². The average Bonchev–Trinajstić information content (AvgIpc) is 2.72. The minimum Gasteiger partial charge on any atom is -0.508 e. The Morgan fingerprint density at radius 1 is 0.966 bits per heavy atom. The number of hydrogen-bond acceptors (Lipinski definition) is 5. The summed E-state index contributed by atoms with van der Waals surface area (Å²) in [4.78, 5) is 16.8. The number of nitrogens with zero attached hydrogens (tertiary/aromatic N) is 1. The van der Waals surface area contributed by atoms with Gasteiger partial charge in [-0.2, -0.15) is 0 Å². The summed E-state index contributed by atoms with van der Waals surface area (Å²) in [6.07, 6.45) is 3.28. The monoisotopic (exact) mass is 387 g/mol. The molecule has 3 aromatic rings. The Bertz CT molecular complexity index is 1070. The number of phenols is 2. The third-order valence-corrected chi connectivity index (χ3v) is 4.36. The molecule has 2 N–H and O–H groups in total. The lowest BCUT2D eigenvalue weighted by molar-refractivity contribution is 0.104. The molecular weight excluding hydrogens is 366 g/mol. The molecule has 0 aliphatic carbocycles. The van der Waals surface area contributed by atoms with Crippen molar-refractivity contribution in [3.05, 3.63) is 89.5 Å². The first-order valence-corrected chi connectivity index (χ1v) is 9.00. The third-order valence-electron chi connectivity index (χ3n) is 4.36. The number of carbonyl (C=O) groups excluding carboxylic acids is 1. The normalized spacial score (nSPS) is 11.6. The molecule has 0 saturated heterocycles. The summed E-state index contributed by atoms with van der Waals surface area (Å²) in [7, 11) is 1.61. The molecule has 0 saturated carbocycles. The van der Waals surface area contributed by atoms with Gasteiger partial charge >= 0.3 is 0 Å². The van der Waals surface area contributed by atoms with Crippen LogP contribution in [-0.4, -0.2) is 28.8 Å². The number of carbonyl (C=O) groups is 1. The number of ether oxygens (including phenoxy) is 1. The number of hydrogen-bond donors (Lipinski definition) is 2. The van der Waals surface area contributed by atoms with Crippen LogP contribution in [0.1, 0.15) is 28.4 Å². The molecule has 0 atom stereocenters. The van der Waals surface area contributed by atoms with E-state index in [-0.39, 0.29) is 17.3 Å². The fourth-order valence-corrected chi connectivity index (χ4v) is 2.76. The summed E-state index contributed by atoms with van der Waals surface area (Å²) >= 11 is 0. The first-order chi connectivity index (χ1) is 14.0. The van der Waals surface area contributed by atoms with Crippen molar-refractivity contribution in [1.82, 2.24) is 0 Å². The van der Waals surface area contributed by atoms with Crippen LogP contribution in [0.15, 0.2) is 77.8 Å². The van der Waals surface area contributed by atoms with Crippen LogP contribution in [0.2, 0.25) is 0 Å². The number of aliphatic imine (C=N–C) groups is 1. The minimum absolute atomic E-state index is 0.00962. The predicted octanol–water partition coefficient (Wildman–Crippen LogP) is 5.14. The summed E-state index contributed by atoms with van der Waals surface area (Å²) < 4.78 is 5.12. The second-order valence-electron chi connectivity index (χ2n) is 6.42. The highest BCUT2D eigenvalue weighted by molar-refractivity contribution is 6.07. The SMILES string of the molecule is COc1ccc(C=CC(=O)c2ccc(N=C(C)c3ccc(O)cc3O)cc2)cc1. The maximum absolute atomic E-state index is 12.4. The molecule has 0 radical (unpaired) electrons. The lowest BCUT2D eigenvalue weighted by Crippen LogP contribution is -1.95. The molecule has 0 aromatic heterocycles. The lowest BCUT2D eigenvalue weighted by atomic mass is 10.1. The average molecular weight is 387 g/mol. The van der Waals surface area contributed by atoms with E-state index in [4.69, 9.17) is 4.74 Å². The van der Waals surface area contributed by atoms with Crippen LogP contribution >= 0.6 is 0 Å². The minimum atomic E-state index is -0.107. The molecule has 29 heavy (non-hydrogen) atoms. The van der Waals surface area contributed by atoms with E-state index in [1.165, 1.54) is 18.2 Å². The third kappa shape index (κ3) is 5.11. The number of allylic oxidation sites excluding steroid dienone is 1. The van der Waals surface area contributed by atoms with Gasteiger partial charge in [-0.1, -0.05) is 18.2 Å². The van der Waals surface area contributed by atoms with Crippen LogP contribution < -0.4 is 4.74 Å². The van der Waals surface area contributed by atoms with Crippen molar-refractivity contribution < 1.29 is 19.7 Å². The Morgan fingerprint density at radius 2 is 1.66 bits per heavy atom. The summed E-state index contributed by atoms with van der Waals surface area (Å²) in [6, 6.07) is 18.7. The van der Waals surface area contributed by atoms with Gasteiger partial charge in [0.05, 0.1) is 12.8 Å². The molecule has 0 spiro atoms. The van der Waals surface area contributed by atoms with Gasteiger partial charge in [0.25, 0.3) is 0 Å². The number of phenolic OH excluding ortho intramolecular Hbond substituents is 2. The van der Waals surface area contributed by atoms with E-state index in [1.54, 1.807) is 50.4 Å². The van der Waals surface area contributed by atoms with Crippen molar-refractivity contribution >= 4 is 23.3 Å². The van der Waals surface area contributed by atoms with E-state index in [9.17, 15) is 15.0 Å². The molecular formula is C24H21NO4. The maximum Gasteiger partial charge on any atom is 0.185 e. The highest BCUT2D eigenvalue weighted by Gasteiger charge is 2.06. The molecule has 146 valence electrons. The number of aromatic hydroxyl groups is 2. The van der Waals surface area contributed by atoms with E-state index >= 15 is 0 Å². The van der Waals surface area contributed by atoms with Crippen molar-refractivity contribution in [1.29, 1.82) is 0 Å². The first-order valence-electron chi connectivity index (χ1n) is 9.00. The van der Waals surface area contributed by atoms with Gasteiger partial charge in [-0.15, -0.1) is 0 Å². The van der Waals surface area contributed by atoms with Gasteiger partial charge in [0, 0.05) is 22.9 Å². The van der Waals surface area contributed by atoms with E-state index in [0.29, 0.717) is 22.5 Å². The zero-order chi connectivity index (χ0) is 20.8. The Labute approximate surface area is 169 Å². The molecule has 0 aliphatic heterocycles. The Kier molecular flexibility index (Phi) is 6.09. The summed E-state index contributed by atoms with van der Waals surface area (Å²) in [5, 5.41) is 19.3. The molecule has 5 heteroatoms. The van der Waals surface area contributed by atoms with E-state index in [2.05, 4.69) is 4.99 Å². The van der Waals surface area contributed by atoms with Gasteiger partial charge in [0.1, 0.15) is 17.2 Å². The zero-order valence-corrected chi connectivity index (χ0v) is 16.2. The van der Waals surface area contributed by atoms with Crippen molar-refractivity contribution in [2.24, 2.45) is 4.99 Å². The Balaban J connectivity index is 1.71. The molecule has 5 nitrogen and oxygen atoms in total. The lowest BCUT2D eigenvalue weighted by Gasteiger charge is -2.05. The van der Waals surface area contributed by atoms with Crippen molar-refractivity contribution in [3.8, 4) is 17.2 Å². The zero-order valence-electron chi connectivity index (χ0n) is 16.2. The molecule has 3 aromatic carbocycles. The van der Waals surface area contributed by atoms with Gasteiger partial charge in [-0.25, -0.2) is 0 Å². The fraction of sp³-hybridized carbons (Fsp3) is 0.0833. The highest BCUT2D eigenvalue weighted by atomic mass is 16.5. The van der Waals surface area contributed by atoms with E-state index in [1.807, 2.05) is 24.3 Å². The second kappa shape index (κ2) is 8.89. The molecule has 0 heterocycles. The largest absolute Gasteiger partial charge is 0.508 e. The predicted molar refractivity (Wildman–Crippen MR) is 114 cm³/mol. The second-order valence-corrected chi connectivity index (χ2v) is 6.42. The van der Waals surface area contributed by atoms with E-state index in [0.717, 1.165) is 11.3 Å². The van der Waals surface area contributed by atoms with E-state index < -0.39 is 0 Å². The van der Waals surface area contributed by atoms with Crippen LogP contribution in [0.5, 0.6) is 17.2 Å². The van der Waals surface area contributed by atoms with Gasteiger partial charge < -0.3 is 14.9 Å².